The molecule has 0 bridgehead atoms. The minimum absolute atomic E-state index is 0.159. The molecule has 2 nitrogen and oxygen atoms in total. The van der Waals surface area contributed by atoms with Gasteiger partial charge in [0.25, 0.3) is 0 Å². The monoisotopic (exact) mass is 415 g/mol. The fourth-order valence-corrected chi connectivity index (χ4v) is 5.39. The molecule has 0 aromatic heterocycles. The van der Waals surface area contributed by atoms with Gasteiger partial charge in [-0.3, -0.25) is 0 Å². The van der Waals surface area contributed by atoms with E-state index in [1.165, 1.54) is 5.56 Å². The number of halogens is 2. The van der Waals surface area contributed by atoms with E-state index in [0.717, 1.165) is 6.42 Å². The molecule has 1 aliphatic carbocycles. The van der Waals surface area contributed by atoms with Crippen LogP contribution in [0.2, 0.25) is 0 Å². The number of benzene rings is 1. The minimum atomic E-state index is -0.930. The van der Waals surface area contributed by atoms with Gasteiger partial charge in [-0.25, -0.2) is 0 Å². The second-order valence-electron chi connectivity index (χ2n) is 6.74. The lowest BCUT2D eigenvalue weighted by Crippen LogP contribution is -2.49. The fourth-order valence-electron chi connectivity index (χ4n) is 3.48. The maximum atomic E-state index is 11.6. The normalized spacial score (nSPS) is 30.8. The summed E-state index contributed by atoms with van der Waals surface area (Å²) in [7, 11) is 0. The summed E-state index contributed by atoms with van der Waals surface area (Å²) < 4.78 is 0. The van der Waals surface area contributed by atoms with E-state index in [9.17, 15) is 9.90 Å². The Morgan fingerprint density at radius 2 is 1.81 bits per heavy atom. The molecule has 0 amide bonds. The van der Waals surface area contributed by atoms with E-state index < -0.39 is 11.4 Å². The highest BCUT2D eigenvalue weighted by molar-refractivity contribution is 9.12. The summed E-state index contributed by atoms with van der Waals surface area (Å²) in [6.07, 6.45) is 1.56. The van der Waals surface area contributed by atoms with Crippen molar-refractivity contribution in [3.05, 3.63) is 35.9 Å². The first-order valence-corrected chi connectivity index (χ1v) is 9.09. The zero-order chi connectivity index (χ0) is 15.8. The summed E-state index contributed by atoms with van der Waals surface area (Å²) in [6, 6.07) is 10.2. The molecule has 4 atom stereocenters. The first kappa shape index (κ1) is 17.0. The molecule has 0 N–H and O–H groups in total. The van der Waals surface area contributed by atoms with Crippen molar-refractivity contribution in [2.24, 2.45) is 16.7 Å². The number of carboxylic acids is 1. The van der Waals surface area contributed by atoms with Crippen LogP contribution in [0.15, 0.2) is 30.3 Å². The van der Waals surface area contributed by atoms with Crippen LogP contribution in [0.25, 0.3) is 0 Å². The smallest absolute Gasteiger partial charge is 0.0523 e. The van der Waals surface area contributed by atoms with E-state index >= 15 is 0 Å². The first-order chi connectivity index (χ1) is 9.72. The Morgan fingerprint density at radius 3 is 2.29 bits per heavy atom. The molecule has 0 unspecified atom stereocenters. The maximum Gasteiger partial charge on any atom is 0.0523 e. The van der Waals surface area contributed by atoms with E-state index in [1.807, 2.05) is 25.1 Å². The van der Waals surface area contributed by atoms with Gasteiger partial charge in [0.15, 0.2) is 0 Å². The van der Waals surface area contributed by atoms with Gasteiger partial charge in [0.2, 0.25) is 0 Å². The molecule has 1 aliphatic rings. The van der Waals surface area contributed by atoms with Gasteiger partial charge in [0, 0.05) is 16.2 Å². The summed E-state index contributed by atoms with van der Waals surface area (Å²) in [6.45, 7) is 5.94. The average Bonchev–Trinajstić information content (AvgIpc) is 2.70. The van der Waals surface area contributed by atoms with Crippen molar-refractivity contribution in [2.75, 3.05) is 0 Å². The number of hydrogen-bond donors (Lipinski definition) is 0. The molecule has 21 heavy (non-hydrogen) atoms. The zero-order valence-corrected chi connectivity index (χ0v) is 15.8. The van der Waals surface area contributed by atoms with Gasteiger partial charge >= 0.3 is 0 Å². The van der Waals surface area contributed by atoms with Crippen molar-refractivity contribution in [1.82, 2.24) is 0 Å². The number of hydrogen-bond acceptors (Lipinski definition) is 2. The molecule has 1 fully saturated rings. The Bertz CT molecular complexity index is 515. The largest absolute Gasteiger partial charge is 0.550 e. The molecule has 1 aromatic rings. The first-order valence-electron chi connectivity index (χ1n) is 7.26. The predicted molar refractivity (Wildman–Crippen MR) is 90.4 cm³/mol. The maximum absolute atomic E-state index is 11.6. The Labute approximate surface area is 143 Å². The minimum Gasteiger partial charge on any atom is -0.550 e. The SMILES string of the molecule is CC1(C)[C@@H]([C@H](Br)[C@H](Br)c2ccccc2)CC[C@]1(C)C(=O)[O-]. The highest BCUT2D eigenvalue weighted by Crippen LogP contribution is 2.59. The Hall–Kier alpha value is -0.350. The molecule has 0 saturated heterocycles. The van der Waals surface area contributed by atoms with Crippen LogP contribution in [-0.2, 0) is 4.79 Å². The Kier molecular flexibility index (Phi) is 4.89. The van der Waals surface area contributed by atoms with Gasteiger partial charge in [-0.2, -0.15) is 0 Å². The summed E-state index contributed by atoms with van der Waals surface area (Å²) in [4.78, 5) is 11.9. The van der Waals surface area contributed by atoms with Crippen molar-refractivity contribution in [3.8, 4) is 0 Å². The van der Waals surface area contributed by atoms with Crippen molar-refractivity contribution in [2.45, 2.75) is 43.3 Å². The van der Waals surface area contributed by atoms with Crippen molar-refractivity contribution >= 4 is 37.8 Å². The standard InChI is InChI=1S/C17H22Br2O2/c1-16(2)12(9-10-17(16,3)15(20)21)14(19)13(18)11-7-5-4-6-8-11/h4-8,12-14H,9-10H2,1-3H3,(H,20,21)/p-1/t12-,13-,14+,17-/m1/s1. The van der Waals surface area contributed by atoms with Crippen molar-refractivity contribution in [3.63, 3.8) is 0 Å². The third kappa shape index (κ3) is 2.81. The van der Waals surface area contributed by atoms with Crippen LogP contribution in [-0.4, -0.2) is 10.8 Å². The Balaban J connectivity index is 2.25. The van der Waals surface area contributed by atoms with Gasteiger partial charge in [0.05, 0.1) is 4.83 Å². The number of rotatable bonds is 4. The molecule has 1 aromatic carbocycles. The number of alkyl halides is 2. The lowest BCUT2D eigenvalue weighted by Gasteiger charge is -2.44. The zero-order valence-electron chi connectivity index (χ0n) is 12.6. The molecule has 2 rings (SSSR count). The molecule has 1 saturated carbocycles. The van der Waals surface area contributed by atoms with Crippen molar-refractivity contribution < 1.29 is 9.90 Å². The topological polar surface area (TPSA) is 40.1 Å². The van der Waals surface area contributed by atoms with E-state index in [0.29, 0.717) is 6.42 Å². The molecular formula is C17H21Br2O2-. The lowest BCUT2D eigenvalue weighted by molar-refractivity contribution is -0.323. The van der Waals surface area contributed by atoms with E-state index in [1.54, 1.807) is 0 Å². The van der Waals surface area contributed by atoms with E-state index in [2.05, 4.69) is 57.8 Å². The summed E-state index contributed by atoms with van der Waals surface area (Å²) in [5, 5.41) is 11.6. The van der Waals surface area contributed by atoms with Crippen molar-refractivity contribution in [1.29, 1.82) is 0 Å². The molecule has 0 spiro atoms. The molecule has 0 heterocycles. The average molecular weight is 417 g/mol. The van der Waals surface area contributed by atoms with Crippen LogP contribution in [0.5, 0.6) is 0 Å². The number of carbonyl (C=O) groups excluding carboxylic acids is 1. The highest BCUT2D eigenvalue weighted by Gasteiger charge is 2.54. The third-order valence-electron chi connectivity index (χ3n) is 5.54. The molecule has 116 valence electrons. The molecule has 4 heteroatoms. The fraction of sp³-hybridized carbons (Fsp3) is 0.588. The predicted octanol–water partition coefficient (Wildman–Crippen LogP) is 4.08. The quantitative estimate of drug-likeness (QED) is 0.693. The van der Waals surface area contributed by atoms with Crippen LogP contribution in [0.4, 0.5) is 0 Å². The summed E-state index contributed by atoms with van der Waals surface area (Å²) >= 11 is 7.60. The van der Waals surface area contributed by atoms with Crippen LogP contribution < -0.4 is 5.11 Å². The molecule has 0 aliphatic heterocycles. The second kappa shape index (κ2) is 6.04. The number of carbonyl (C=O) groups is 1. The molecule has 0 radical (unpaired) electrons. The van der Waals surface area contributed by atoms with Crippen LogP contribution in [0, 0.1) is 16.7 Å². The van der Waals surface area contributed by atoms with Gasteiger partial charge < -0.3 is 9.90 Å². The summed E-state index contributed by atoms with van der Waals surface area (Å²) in [5.74, 6) is -0.662. The number of carboxylic acid groups (broad SMARTS) is 1. The van der Waals surface area contributed by atoms with E-state index in [-0.39, 0.29) is 21.0 Å². The van der Waals surface area contributed by atoms with E-state index in [4.69, 9.17) is 0 Å². The van der Waals surface area contributed by atoms with Gasteiger partial charge in [-0.05, 0) is 29.7 Å². The van der Waals surface area contributed by atoms with Gasteiger partial charge in [-0.1, -0.05) is 83.0 Å². The second-order valence-corrected chi connectivity index (χ2v) is 8.79. The van der Waals surface area contributed by atoms with Gasteiger partial charge in [0.1, 0.15) is 0 Å². The number of aliphatic carboxylic acids is 1. The Morgan fingerprint density at radius 1 is 1.24 bits per heavy atom. The van der Waals surface area contributed by atoms with Crippen LogP contribution in [0.1, 0.15) is 44.0 Å². The highest BCUT2D eigenvalue weighted by atomic mass is 79.9. The lowest BCUT2D eigenvalue weighted by atomic mass is 9.65. The molecular weight excluding hydrogens is 396 g/mol. The van der Waals surface area contributed by atoms with Crippen LogP contribution in [0.3, 0.4) is 0 Å². The van der Waals surface area contributed by atoms with Gasteiger partial charge in [-0.15, -0.1) is 0 Å². The van der Waals surface area contributed by atoms with Crippen LogP contribution >= 0.6 is 31.9 Å². The summed E-state index contributed by atoms with van der Waals surface area (Å²) in [5.41, 5.74) is 0.116. The third-order valence-corrected chi connectivity index (χ3v) is 8.51.